The number of carbonyl (C=O) groups excluding carboxylic acids is 1. The van der Waals surface area contributed by atoms with E-state index in [0.29, 0.717) is 0 Å². The lowest BCUT2D eigenvalue weighted by Gasteiger charge is -2.20. The average Bonchev–Trinajstić information content (AvgIpc) is 3.14. The van der Waals surface area contributed by atoms with Crippen LogP contribution in [0.2, 0.25) is 0 Å². The third-order valence-electron chi connectivity index (χ3n) is 5.86. The number of nitrogens with zero attached hydrogens (tertiary/aromatic N) is 1. The van der Waals surface area contributed by atoms with Crippen LogP contribution in [0.25, 0.3) is 32.9 Å². The van der Waals surface area contributed by atoms with E-state index in [1.165, 1.54) is 17.2 Å². The van der Waals surface area contributed by atoms with Gasteiger partial charge < -0.3 is 4.84 Å². The Hall–Kier alpha value is -3.07. The minimum atomic E-state index is -0.109. The van der Waals surface area contributed by atoms with Gasteiger partial charge in [0.05, 0.1) is 17.1 Å². The van der Waals surface area contributed by atoms with Crippen LogP contribution in [0.5, 0.6) is 0 Å². The lowest BCUT2D eigenvalue weighted by molar-refractivity contribution is -0.149. The second kappa shape index (κ2) is 7.16. The summed E-state index contributed by atoms with van der Waals surface area (Å²) in [5.74, 6) is -0.0992. The fraction of sp³-hybridized carbons (Fsp3) is 0.240. The van der Waals surface area contributed by atoms with Crippen molar-refractivity contribution >= 4 is 27.6 Å². The number of fused-ring (bicyclic) bond motifs is 3. The zero-order chi connectivity index (χ0) is 18.9. The highest BCUT2D eigenvalue weighted by molar-refractivity contribution is 6.08. The average molecular weight is 369 g/mol. The van der Waals surface area contributed by atoms with Gasteiger partial charge in [0, 0.05) is 10.9 Å². The molecule has 0 aliphatic heterocycles. The van der Waals surface area contributed by atoms with E-state index < -0.39 is 0 Å². The molecule has 1 aromatic heterocycles. The molecule has 1 heterocycles. The Kier molecular flexibility index (Phi) is 4.36. The molecule has 1 fully saturated rings. The molecule has 0 unspecified atom stereocenters. The maximum absolute atomic E-state index is 12.9. The molecule has 0 N–H and O–H groups in total. The molecule has 0 spiro atoms. The van der Waals surface area contributed by atoms with Crippen molar-refractivity contribution in [2.45, 2.75) is 32.1 Å². The molecule has 0 saturated heterocycles. The summed E-state index contributed by atoms with van der Waals surface area (Å²) in [7, 11) is 0. The fourth-order valence-electron chi connectivity index (χ4n) is 4.35. The van der Waals surface area contributed by atoms with Gasteiger partial charge in [0.2, 0.25) is 0 Å². The number of rotatable bonds is 3. The summed E-state index contributed by atoms with van der Waals surface area (Å²) in [6.45, 7) is 0. The summed E-state index contributed by atoms with van der Waals surface area (Å²) in [5, 5.41) is 3.46. The highest BCUT2D eigenvalue weighted by atomic mass is 16.7. The van der Waals surface area contributed by atoms with Crippen molar-refractivity contribution in [3.63, 3.8) is 0 Å². The third-order valence-corrected chi connectivity index (χ3v) is 5.86. The van der Waals surface area contributed by atoms with Crippen LogP contribution >= 0.6 is 0 Å². The van der Waals surface area contributed by atoms with Gasteiger partial charge in [-0.25, -0.2) is 4.79 Å². The van der Waals surface area contributed by atoms with Crippen LogP contribution in [-0.2, 0) is 4.79 Å². The molecular formula is C25H23NO2. The molecule has 0 atom stereocenters. The number of carbonyl (C=O) groups is 1. The van der Waals surface area contributed by atoms with Crippen LogP contribution in [0.4, 0.5) is 0 Å². The summed E-state index contributed by atoms with van der Waals surface area (Å²) in [6.07, 6.45) is 5.31. The predicted octanol–water partition coefficient (Wildman–Crippen LogP) is 6.00. The van der Waals surface area contributed by atoms with Crippen molar-refractivity contribution in [1.29, 1.82) is 0 Å². The Labute approximate surface area is 164 Å². The number of benzene rings is 3. The Morgan fingerprint density at radius 3 is 2.39 bits per heavy atom. The van der Waals surface area contributed by atoms with Crippen LogP contribution in [0.3, 0.4) is 0 Å². The van der Waals surface area contributed by atoms with Gasteiger partial charge in [0.1, 0.15) is 0 Å². The molecule has 1 aliphatic rings. The molecule has 0 bridgehead atoms. The molecule has 3 heteroatoms. The second-order valence-corrected chi connectivity index (χ2v) is 7.65. The summed E-state index contributed by atoms with van der Waals surface area (Å²) in [4.78, 5) is 18.9. The van der Waals surface area contributed by atoms with E-state index in [2.05, 4.69) is 48.5 Å². The van der Waals surface area contributed by atoms with Crippen LogP contribution in [-0.4, -0.2) is 10.7 Å². The number of hydrogen-bond donors (Lipinski definition) is 0. The van der Waals surface area contributed by atoms with Crippen molar-refractivity contribution < 1.29 is 9.63 Å². The Morgan fingerprint density at radius 2 is 1.57 bits per heavy atom. The van der Waals surface area contributed by atoms with Crippen LogP contribution in [0.15, 0.2) is 72.8 Å². The first-order valence-corrected chi connectivity index (χ1v) is 10.1. The SMILES string of the molecule is O=C(On1c(-c2ccccc2)cc2c3ccccc3ccc21)C1CCCCC1. The van der Waals surface area contributed by atoms with E-state index >= 15 is 0 Å². The Balaban J connectivity index is 1.66. The standard InChI is InChI=1S/C25H23NO2/c27-25(20-12-5-2-6-13-20)28-26-23-16-15-18-9-7-8-14-21(18)22(23)17-24(26)19-10-3-1-4-11-19/h1,3-4,7-11,14-17,20H,2,5-6,12-13H2. The van der Waals surface area contributed by atoms with Gasteiger partial charge in [-0.1, -0.05) is 79.9 Å². The van der Waals surface area contributed by atoms with Crippen molar-refractivity contribution in [3.8, 4) is 11.3 Å². The summed E-state index contributed by atoms with van der Waals surface area (Å²) < 4.78 is 1.74. The molecule has 1 saturated carbocycles. The summed E-state index contributed by atoms with van der Waals surface area (Å²) in [5.41, 5.74) is 2.89. The lowest BCUT2D eigenvalue weighted by Crippen LogP contribution is -2.28. The minimum Gasteiger partial charge on any atom is -0.336 e. The minimum absolute atomic E-state index is 0.00952. The molecule has 5 rings (SSSR count). The van der Waals surface area contributed by atoms with Crippen molar-refractivity contribution in [3.05, 3.63) is 72.8 Å². The van der Waals surface area contributed by atoms with E-state index in [1.54, 1.807) is 4.73 Å². The highest BCUT2D eigenvalue weighted by Gasteiger charge is 2.25. The zero-order valence-electron chi connectivity index (χ0n) is 15.8. The Morgan fingerprint density at radius 1 is 0.821 bits per heavy atom. The van der Waals surface area contributed by atoms with Gasteiger partial charge in [-0.15, -0.1) is 0 Å². The number of hydrogen-bond acceptors (Lipinski definition) is 2. The van der Waals surface area contributed by atoms with Gasteiger partial charge in [0.15, 0.2) is 0 Å². The van der Waals surface area contributed by atoms with Crippen molar-refractivity contribution in [2.24, 2.45) is 5.92 Å². The molecule has 3 nitrogen and oxygen atoms in total. The topological polar surface area (TPSA) is 31.2 Å². The predicted molar refractivity (Wildman–Crippen MR) is 113 cm³/mol. The quantitative estimate of drug-likeness (QED) is 0.444. The molecule has 140 valence electrons. The summed E-state index contributed by atoms with van der Waals surface area (Å²) in [6, 6.07) is 24.8. The van der Waals surface area contributed by atoms with Crippen molar-refractivity contribution in [2.75, 3.05) is 0 Å². The molecule has 0 amide bonds. The fourth-order valence-corrected chi connectivity index (χ4v) is 4.35. The highest BCUT2D eigenvalue weighted by Crippen LogP contribution is 2.33. The van der Waals surface area contributed by atoms with E-state index in [9.17, 15) is 4.79 Å². The molecule has 0 radical (unpaired) electrons. The maximum Gasteiger partial charge on any atom is 0.335 e. The first-order valence-electron chi connectivity index (χ1n) is 10.1. The molecule has 1 aliphatic carbocycles. The molecule has 4 aromatic rings. The first-order chi connectivity index (χ1) is 13.8. The van der Waals surface area contributed by atoms with E-state index in [4.69, 9.17) is 4.84 Å². The monoisotopic (exact) mass is 369 g/mol. The Bertz CT molecular complexity index is 1140. The number of aromatic nitrogens is 1. The smallest absolute Gasteiger partial charge is 0.335 e. The van der Waals surface area contributed by atoms with Gasteiger partial charge in [0.25, 0.3) is 0 Å². The molecule has 3 aromatic carbocycles. The van der Waals surface area contributed by atoms with Gasteiger partial charge in [-0.3, -0.25) is 0 Å². The van der Waals surface area contributed by atoms with Crippen molar-refractivity contribution in [1.82, 2.24) is 4.73 Å². The first kappa shape index (κ1) is 17.1. The van der Waals surface area contributed by atoms with E-state index in [1.807, 2.05) is 24.3 Å². The third kappa shape index (κ3) is 2.97. The molecular weight excluding hydrogens is 346 g/mol. The van der Waals surface area contributed by atoms with Gasteiger partial charge in [-0.05, 0) is 35.7 Å². The van der Waals surface area contributed by atoms with Gasteiger partial charge in [-0.2, -0.15) is 4.73 Å². The van der Waals surface area contributed by atoms with E-state index in [-0.39, 0.29) is 11.9 Å². The van der Waals surface area contributed by atoms with Crippen LogP contribution < -0.4 is 4.84 Å². The second-order valence-electron chi connectivity index (χ2n) is 7.65. The molecule has 28 heavy (non-hydrogen) atoms. The normalized spacial score (nSPS) is 15.1. The zero-order valence-corrected chi connectivity index (χ0v) is 15.8. The lowest BCUT2D eigenvalue weighted by atomic mass is 9.89. The summed E-state index contributed by atoms with van der Waals surface area (Å²) >= 11 is 0. The maximum atomic E-state index is 12.9. The van der Waals surface area contributed by atoms with Crippen LogP contribution in [0.1, 0.15) is 32.1 Å². The van der Waals surface area contributed by atoms with Crippen LogP contribution in [0, 0.1) is 5.92 Å². The largest absolute Gasteiger partial charge is 0.336 e. The van der Waals surface area contributed by atoms with Gasteiger partial charge >= 0.3 is 5.97 Å². The van der Waals surface area contributed by atoms with E-state index in [0.717, 1.165) is 47.8 Å².